The maximum Gasteiger partial charge on any atom is 0.532 e. The molecule has 1 saturated carbocycles. The summed E-state index contributed by atoms with van der Waals surface area (Å²) in [6, 6.07) is 0. The molecule has 0 aromatic carbocycles. The second-order valence-corrected chi connectivity index (χ2v) is 12.8. The van der Waals surface area contributed by atoms with Gasteiger partial charge in [-0.1, -0.05) is 0 Å². The number of aliphatic hydroxyl groups excluding tert-OH is 2. The van der Waals surface area contributed by atoms with E-state index >= 15 is 0 Å². The maximum atomic E-state index is 13.8. The number of rotatable bonds is 3. The lowest BCUT2D eigenvalue weighted by Crippen LogP contribution is -2.87. The first-order valence-electron chi connectivity index (χ1n) is 7.74. The average molecular weight is 498 g/mol. The van der Waals surface area contributed by atoms with Crippen molar-refractivity contribution in [1.82, 2.24) is 0 Å². The van der Waals surface area contributed by atoms with Crippen LogP contribution in [0.2, 0.25) is 0 Å². The van der Waals surface area contributed by atoms with Gasteiger partial charge in [0.25, 0.3) is 22.7 Å². The fraction of sp³-hybridized carbons (Fsp3) is 0.889. The molecule has 2 spiro atoms. The molecule has 4 bridgehead atoms. The van der Waals surface area contributed by atoms with Crippen molar-refractivity contribution in [3.63, 3.8) is 0 Å². The number of hydrogen-bond donors (Lipinski definition) is 6. The van der Waals surface area contributed by atoms with Crippen LogP contribution in [0.25, 0.3) is 0 Å². The molecule has 10 atom stereocenters. The van der Waals surface area contributed by atoms with E-state index in [4.69, 9.17) is 9.63 Å². The summed E-state index contributed by atoms with van der Waals surface area (Å²) in [5, 5.41) is 55.6. The van der Waals surface area contributed by atoms with Crippen LogP contribution in [0.3, 0.4) is 0 Å². The standard InChI is InChI=1S/C9H9O18P3/c10-1-2(11)3(12)28(17)7(16)5(14)4(13)6(15,24-29(18,22-4)23-5)8-9(7,28)21-27-30(19,25-8)26-20-8/h2,10-11,13-16H,1H2/t2?,4-,5+,6+,7-,8-,9-,28?,29?,30?/m0/s1. The normalized spacial score (nSPS) is 67.7. The van der Waals surface area contributed by atoms with Gasteiger partial charge in [0.05, 0.1) is 6.61 Å². The molecule has 4 unspecified atom stereocenters. The van der Waals surface area contributed by atoms with E-state index < -0.39 is 74.9 Å². The van der Waals surface area contributed by atoms with Gasteiger partial charge in [0.15, 0.2) is 0 Å². The summed E-state index contributed by atoms with van der Waals surface area (Å²) >= 11 is 0. The fourth-order valence-electron chi connectivity index (χ4n) is 4.56. The minimum absolute atomic E-state index is 1.36. The summed E-state index contributed by atoms with van der Waals surface area (Å²) in [4.78, 5) is 22.0. The highest BCUT2D eigenvalue weighted by molar-refractivity contribution is 7.90. The Bertz CT molecular complexity index is 1090. The number of carbonyl (C=O) groups is 1. The molecule has 18 nitrogen and oxygen atoms in total. The molecule has 168 valence electrons. The van der Waals surface area contributed by atoms with Gasteiger partial charge in [-0.25, -0.2) is 32.1 Å². The molecule has 0 aromatic rings. The Kier molecular flexibility index (Phi) is 3.20. The summed E-state index contributed by atoms with van der Waals surface area (Å²) in [5.41, 5.74) is -1.93. The quantitative estimate of drug-likeness (QED) is 0.164. The highest BCUT2D eigenvalue weighted by Crippen LogP contribution is 3.04. The molecule has 0 aromatic heterocycles. The van der Waals surface area contributed by atoms with Crippen molar-refractivity contribution in [3.8, 4) is 0 Å². The first kappa shape index (κ1) is 20.4. The molecule has 30 heavy (non-hydrogen) atoms. The third-order valence-electron chi connectivity index (χ3n) is 5.84. The van der Waals surface area contributed by atoms with Gasteiger partial charge in [-0.15, -0.1) is 9.35 Å². The third kappa shape index (κ3) is 1.39. The van der Waals surface area contributed by atoms with Crippen molar-refractivity contribution in [1.29, 1.82) is 0 Å². The largest absolute Gasteiger partial charge is 0.532 e. The average Bonchev–Trinajstić information content (AvgIpc) is 2.91. The van der Waals surface area contributed by atoms with Crippen molar-refractivity contribution in [2.24, 2.45) is 0 Å². The van der Waals surface area contributed by atoms with E-state index in [-0.39, 0.29) is 0 Å². The smallest absolute Gasteiger partial charge is 0.393 e. The van der Waals surface area contributed by atoms with Gasteiger partial charge in [0.1, 0.15) is 6.10 Å². The lowest BCUT2D eigenvalue weighted by Gasteiger charge is -2.55. The van der Waals surface area contributed by atoms with E-state index in [9.17, 15) is 44.0 Å². The molecule has 6 fully saturated rings. The SMILES string of the molecule is O=C(C(O)CO)P1(=O)[C@@]2(O)[C@]3(O)OP4(=O)O[C@]3(O)[C@@](O)(O4)[C@@]34OOP(=O)(OO[C@@]321)O4. The van der Waals surface area contributed by atoms with Crippen molar-refractivity contribution in [2.45, 2.75) is 39.9 Å². The molecule has 6 rings (SSSR count). The molecule has 0 radical (unpaired) electrons. The van der Waals surface area contributed by atoms with Crippen LogP contribution >= 0.6 is 22.8 Å². The van der Waals surface area contributed by atoms with E-state index in [1.54, 1.807) is 0 Å². The van der Waals surface area contributed by atoms with Gasteiger partial charge in [-0.05, 0) is 0 Å². The zero-order valence-electron chi connectivity index (χ0n) is 13.7. The molecular weight excluding hydrogens is 489 g/mol. The van der Waals surface area contributed by atoms with E-state index in [2.05, 4.69) is 32.7 Å². The zero-order chi connectivity index (χ0) is 22.0. The van der Waals surface area contributed by atoms with E-state index in [0.29, 0.717) is 0 Å². The maximum absolute atomic E-state index is 13.8. The molecule has 6 N–H and O–H groups in total. The monoisotopic (exact) mass is 498 g/mol. The molecule has 1 aliphatic carbocycles. The van der Waals surface area contributed by atoms with Crippen LogP contribution in [0.1, 0.15) is 0 Å². The predicted octanol–water partition coefficient (Wildman–Crippen LogP) is -3.36. The van der Waals surface area contributed by atoms with Gasteiger partial charge in [0.2, 0.25) is 18.0 Å². The number of phosphoric acid groups is 2. The van der Waals surface area contributed by atoms with E-state index in [0.717, 1.165) is 0 Å². The summed E-state index contributed by atoms with van der Waals surface area (Å²) in [6.45, 7) is -1.36. The van der Waals surface area contributed by atoms with Crippen LogP contribution in [-0.2, 0) is 55.7 Å². The Morgan fingerprint density at radius 3 is 2.00 bits per heavy atom. The second kappa shape index (κ2) is 4.70. The Labute approximate surface area is 162 Å². The summed E-state index contributed by atoms with van der Waals surface area (Å²) in [7, 11) is -15.8. The van der Waals surface area contributed by atoms with Crippen LogP contribution in [-0.4, -0.2) is 82.7 Å². The molecule has 5 saturated heterocycles. The Morgan fingerprint density at radius 1 is 0.833 bits per heavy atom. The van der Waals surface area contributed by atoms with Crippen LogP contribution in [0.5, 0.6) is 0 Å². The second-order valence-electron chi connectivity index (χ2n) is 7.09. The summed E-state index contributed by atoms with van der Waals surface area (Å²) in [5.74, 6) is -15.3. The number of fused-ring (bicyclic) bond motifs is 3. The Hall–Kier alpha value is -0.200. The molecule has 0 amide bonds. The van der Waals surface area contributed by atoms with Crippen LogP contribution in [0.4, 0.5) is 0 Å². The topological polar surface area (TPSA) is 263 Å². The van der Waals surface area contributed by atoms with Crippen molar-refractivity contribution < 1.29 is 86.3 Å². The van der Waals surface area contributed by atoms with Gasteiger partial charge in [-0.3, -0.25) is 4.79 Å². The summed E-state index contributed by atoms with van der Waals surface area (Å²) in [6.07, 6.45) is -2.50. The molecule has 21 heteroatoms. The lowest BCUT2D eigenvalue weighted by molar-refractivity contribution is -0.554. The first-order valence-corrected chi connectivity index (χ1v) is 12.4. The molecule has 5 aliphatic heterocycles. The first-order chi connectivity index (χ1) is 13.6. The lowest BCUT2D eigenvalue weighted by atomic mass is 9.74. The van der Waals surface area contributed by atoms with Gasteiger partial charge < -0.3 is 35.2 Å². The minimum Gasteiger partial charge on any atom is -0.393 e. The highest BCUT2D eigenvalue weighted by Gasteiger charge is 3.20. The third-order valence-corrected chi connectivity index (χ3v) is 12.1. The summed E-state index contributed by atoms with van der Waals surface area (Å²) < 4.78 is 65.7. The Balaban J connectivity index is 1.73. The molecular formula is C9H9O18P3. The predicted molar refractivity (Wildman–Crippen MR) is 74.9 cm³/mol. The van der Waals surface area contributed by atoms with Crippen molar-refractivity contribution in [2.75, 3.05) is 6.61 Å². The van der Waals surface area contributed by atoms with Crippen LogP contribution in [0.15, 0.2) is 0 Å². The van der Waals surface area contributed by atoms with Gasteiger partial charge in [0, 0.05) is 0 Å². The van der Waals surface area contributed by atoms with Crippen molar-refractivity contribution in [3.05, 3.63) is 0 Å². The number of aliphatic hydroxyl groups is 6. The van der Waals surface area contributed by atoms with Gasteiger partial charge >= 0.3 is 21.4 Å². The highest BCUT2D eigenvalue weighted by atomic mass is 31.2. The Morgan fingerprint density at radius 2 is 1.40 bits per heavy atom. The number of phosphoric ester groups is 1. The number of hydrogen-bond acceptors (Lipinski definition) is 18. The molecule has 6 aliphatic rings. The van der Waals surface area contributed by atoms with E-state index in [1.807, 2.05) is 0 Å². The number of carbonyl (C=O) groups excluding carboxylic acids is 1. The van der Waals surface area contributed by atoms with E-state index in [1.165, 1.54) is 0 Å². The zero-order valence-corrected chi connectivity index (χ0v) is 16.4. The van der Waals surface area contributed by atoms with Gasteiger partial charge in [-0.2, -0.15) is 4.89 Å². The van der Waals surface area contributed by atoms with Crippen LogP contribution < -0.4 is 0 Å². The molecule has 5 heterocycles. The fourth-order valence-corrected chi connectivity index (χ4v) is 11.7. The minimum atomic E-state index is -5.62. The van der Waals surface area contributed by atoms with Crippen LogP contribution in [0, 0.1) is 0 Å². The van der Waals surface area contributed by atoms with Crippen molar-refractivity contribution >= 4 is 28.3 Å².